The maximum Gasteiger partial charge on any atom is 0.227 e. The average Bonchev–Trinajstić information content (AvgIpc) is 2.91. The second kappa shape index (κ2) is 6.23. The van der Waals surface area contributed by atoms with E-state index in [0.29, 0.717) is 11.9 Å². The summed E-state index contributed by atoms with van der Waals surface area (Å²) in [6.45, 7) is 6.35. The van der Waals surface area contributed by atoms with Crippen molar-refractivity contribution >= 4 is 23.0 Å². The Labute approximate surface area is 134 Å². The molecule has 3 rings (SSSR count). The van der Waals surface area contributed by atoms with Gasteiger partial charge in [0.25, 0.3) is 0 Å². The van der Waals surface area contributed by atoms with Gasteiger partial charge in [0.15, 0.2) is 0 Å². The topological polar surface area (TPSA) is 50.7 Å². The van der Waals surface area contributed by atoms with Gasteiger partial charge >= 0.3 is 0 Å². The van der Waals surface area contributed by atoms with Crippen molar-refractivity contribution in [1.29, 1.82) is 0 Å². The molecule has 0 saturated carbocycles. The Kier molecular flexibility index (Phi) is 4.15. The van der Waals surface area contributed by atoms with Gasteiger partial charge < -0.3 is 5.32 Å². The number of hydrogen-bond acceptors (Lipinski definition) is 5. The van der Waals surface area contributed by atoms with Gasteiger partial charge in [-0.3, -0.25) is 0 Å². The monoisotopic (exact) mass is 310 g/mol. The van der Waals surface area contributed by atoms with Crippen LogP contribution in [0.4, 0.5) is 11.6 Å². The zero-order chi connectivity index (χ0) is 15.5. The predicted molar refractivity (Wildman–Crippen MR) is 91.7 cm³/mol. The Morgan fingerprint density at radius 2 is 1.82 bits per heavy atom. The molecule has 0 aliphatic rings. The lowest BCUT2D eigenvalue weighted by Crippen LogP contribution is -1.97. The molecule has 0 fully saturated rings. The Morgan fingerprint density at radius 1 is 1.05 bits per heavy atom. The van der Waals surface area contributed by atoms with Crippen molar-refractivity contribution < 1.29 is 0 Å². The van der Waals surface area contributed by atoms with Crippen molar-refractivity contribution in [2.24, 2.45) is 0 Å². The van der Waals surface area contributed by atoms with E-state index in [1.807, 2.05) is 43.3 Å². The van der Waals surface area contributed by atoms with Crippen LogP contribution in [0.15, 0.2) is 42.6 Å². The molecule has 2 heterocycles. The van der Waals surface area contributed by atoms with Gasteiger partial charge in [0.1, 0.15) is 0 Å². The van der Waals surface area contributed by atoms with Gasteiger partial charge in [0.2, 0.25) is 5.95 Å². The fourth-order valence-corrected chi connectivity index (χ4v) is 3.14. The number of benzene rings is 1. The van der Waals surface area contributed by atoms with Crippen molar-refractivity contribution in [2.45, 2.75) is 26.7 Å². The smallest absolute Gasteiger partial charge is 0.227 e. The van der Waals surface area contributed by atoms with Crippen molar-refractivity contribution in [1.82, 2.24) is 15.0 Å². The van der Waals surface area contributed by atoms with Crippen molar-refractivity contribution in [3.8, 4) is 10.6 Å². The summed E-state index contributed by atoms with van der Waals surface area (Å²) in [7, 11) is 0. The lowest BCUT2D eigenvalue weighted by atomic mass is 10.2. The van der Waals surface area contributed by atoms with Crippen LogP contribution in [-0.4, -0.2) is 15.0 Å². The number of anilines is 2. The van der Waals surface area contributed by atoms with E-state index in [2.05, 4.69) is 34.1 Å². The SMILES string of the molecule is Cc1nc(C(C)C)sc1-c1ccnc(Nc2ccccc2)n1. The van der Waals surface area contributed by atoms with Crippen LogP contribution < -0.4 is 5.32 Å². The fourth-order valence-electron chi connectivity index (χ4n) is 2.10. The standard InChI is InChI=1S/C17H18N4S/c1-11(2)16-19-12(3)15(22-16)14-9-10-18-17(21-14)20-13-7-5-4-6-8-13/h4-11H,1-3H3,(H,18,20,21). The Hall–Kier alpha value is -2.27. The summed E-state index contributed by atoms with van der Waals surface area (Å²) < 4.78 is 0. The van der Waals surface area contributed by atoms with Crippen molar-refractivity contribution in [3.05, 3.63) is 53.3 Å². The van der Waals surface area contributed by atoms with Crippen LogP contribution >= 0.6 is 11.3 Å². The zero-order valence-corrected chi connectivity index (χ0v) is 13.7. The van der Waals surface area contributed by atoms with Crippen LogP contribution in [0.3, 0.4) is 0 Å². The molecule has 0 atom stereocenters. The van der Waals surface area contributed by atoms with Gasteiger partial charge in [-0.05, 0) is 25.1 Å². The number of rotatable bonds is 4. The molecule has 0 bridgehead atoms. The maximum absolute atomic E-state index is 4.64. The molecule has 0 aliphatic heterocycles. The first-order valence-electron chi connectivity index (χ1n) is 7.26. The molecule has 0 spiro atoms. The summed E-state index contributed by atoms with van der Waals surface area (Å²) in [6.07, 6.45) is 1.78. The van der Waals surface area contributed by atoms with E-state index in [1.54, 1.807) is 17.5 Å². The molecular weight excluding hydrogens is 292 g/mol. The first kappa shape index (κ1) is 14.7. The van der Waals surface area contributed by atoms with Gasteiger partial charge in [0.05, 0.1) is 21.3 Å². The number of nitrogens with zero attached hydrogens (tertiary/aromatic N) is 3. The molecule has 1 N–H and O–H groups in total. The molecule has 0 radical (unpaired) electrons. The summed E-state index contributed by atoms with van der Waals surface area (Å²) in [4.78, 5) is 14.7. The molecule has 0 amide bonds. The molecular formula is C17H18N4S. The molecule has 22 heavy (non-hydrogen) atoms. The minimum absolute atomic E-state index is 0.432. The Morgan fingerprint density at radius 3 is 2.50 bits per heavy atom. The first-order valence-corrected chi connectivity index (χ1v) is 8.08. The first-order chi connectivity index (χ1) is 10.6. The highest BCUT2D eigenvalue weighted by atomic mass is 32.1. The third-order valence-electron chi connectivity index (χ3n) is 3.23. The molecule has 0 unspecified atom stereocenters. The van der Waals surface area contributed by atoms with Gasteiger partial charge in [0, 0.05) is 17.8 Å². The second-order valence-electron chi connectivity index (χ2n) is 5.38. The van der Waals surface area contributed by atoms with Gasteiger partial charge in [-0.1, -0.05) is 32.0 Å². The molecule has 1 aromatic carbocycles. The summed E-state index contributed by atoms with van der Waals surface area (Å²) in [5.74, 6) is 1.03. The number of nitrogens with one attached hydrogen (secondary N) is 1. The van der Waals surface area contributed by atoms with E-state index < -0.39 is 0 Å². The quantitative estimate of drug-likeness (QED) is 0.753. The maximum atomic E-state index is 4.64. The highest BCUT2D eigenvalue weighted by Gasteiger charge is 2.13. The summed E-state index contributed by atoms with van der Waals surface area (Å²) in [6, 6.07) is 11.9. The fraction of sp³-hybridized carbons (Fsp3) is 0.235. The molecule has 3 aromatic rings. The van der Waals surface area contributed by atoms with Gasteiger partial charge in [-0.2, -0.15) is 0 Å². The number of aryl methyl sites for hydroxylation is 1. The zero-order valence-electron chi connectivity index (χ0n) is 12.9. The van der Waals surface area contributed by atoms with Crippen LogP contribution in [-0.2, 0) is 0 Å². The largest absolute Gasteiger partial charge is 0.324 e. The molecule has 2 aromatic heterocycles. The van der Waals surface area contributed by atoms with Crippen molar-refractivity contribution in [3.63, 3.8) is 0 Å². The average molecular weight is 310 g/mol. The van der Waals surface area contributed by atoms with E-state index in [-0.39, 0.29) is 0 Å². The van der Waals surface area contributed by atoms with Crippen LogP contribution in [0.5, 0.6) is 0 Å². The van der Waals surface area contributed by atoms with Gasteiger partial charge in [-0.25, -0.2) is 15.0 Å². The lowest BCUT2D eigenvalue weighted by molar-refractivity contribution is 0.847. The summed E-state index contributed by atoms with van der Waals surface area (Å²) >= 11 is 1.71. The molecule has 112 valence electrons. The van der Waals surface area contributed by atoms with Crippen LogP contribution in [0.2, 0.25) is 0 Å². The van der Waals surface area contributed by atoms with E-state index in [9.17, 15) is 0 Å². The highest BCUT2D eigenvalue weighted by molar-refractivity contribution is 7.15. The number of hydrogen-bond donors (Lipinski definition) is 1. The number of aromatic nitrogens is 3. The summed E-state index contributed by atoms with van der Waals surface area (Å²) in [5, 5.41) is 4.37. The van der Waals surface area contributed by atoms with E-state index in [4.69, 9.17) is 0 Å². The van der Waals surface area contributed by atoms with Gasteiger partial charge in [-0.15, -0.1) is 11.3 Å². The van der Waals surface area contributed by atoms with Crippen LogP contribution in [0.25, 0.3) is 10.6 Å². The Bertz CT molecular complexity index is 765. The Balaban J connectivity index is 1.91. The number of para-hydroxylation sites is 1. The molecule has 4 nitrogen and oxygen atoms in total. The van der Waals surface area contributed by atoms with E-state index in [1.165, 1.54) is 0 Å². The second-order valence-corrected chi connectivity index (χ2v) is 6.41. The van der Waals surface area contributed by atoms with E-state index >= 15 is 0 Å². The molecule has 5 heteroatoms. The minimum atomic E-state index is 0.432. The minimum Gasteiger partial charge on any atom is -0.324 e. The molecule has 0 saturated heterocycles. The number of thiazole rings is 1. The van der Waals surface area contributed by atoms with Crippen molar-refractivity contribution in [2.75, 3.05) is 5.32 Å². The lowest BCUT2D eigenvalue weighted by Gasteiger charge is -2.05. The predicted octanol–water partition coefficient (Wildman–Crippen LogP) is 4.78. The van der Waals surface area contributed by atoms with Crippen LogP contribution in [0, 0.1) is 6.92 Å². The van der Waals surface area contributed by atoms with Crippen LogP contribution in [0.1, 0.15) is 30.5 Å². The summed E-state index contributed by atoms with van der Waals surface area (Å²) in [5.41, 5.74) is 2.91. The normalized spacial score (nSPS) is 10.9. The highest BCUT2D eigenvalue weighted by Crippen LogP contribution is 2.32. The third-order valence-corrected chi connectivity index (χ3v) is 4.71. The molecule has 0 aliphatic carbocycles. The van der Waals surface area contributed by atoms with E-state index in [0.717, 1.165) is 27.0 Å². The third kappa shape index (κ3) is 3.14.